The molecule has 0 spiro atoms. The molecule has 0 aliphatic heterocycles. The van der Waals surface area contributed by atoms with Gasteiger partial charge in [-0.3, -0.25) is 19.7 Å². The van der Waals surface area contributed by atoms with Crippen molar-refractivity contribution in [1.29, 1.82) is 0 Å². The van der Waals surface area contributed by atoms with Crippen LogP contribution in [0.1, 0.15) is 21.5 Å². The summed E-state index contributed by atoms with van der Waals surface area (Å²) in [4.78, 5) is 36.1. The highest BCUT2D eigenvalue weighted by Gasteiger charge is 2.17. The molecule has 0 unspecified atom stereocenters. The lowest BCUT2D eigenvalue weighted by Crippen LogP contribution is -2.31. The highest BCUT2D eigenvalue weighted by atomic mass is 79.9. The van der Waals surface area contributed by atoms with Crippen molar-refractivity contribution in [3.63, 3.8) is 0 Å². The standard InChI is InChI=1S/C23H18BrN3O4/c1-15-6-2-5-9-20(15)25-23(29)21(14-16-10-12-17(13-11-16)27(30)31)26-22(28)18-7-3-4-8-19(18)24/h2-14H,1H3,(H,25,29)(H,26,28). The van der Waals surface area contributed by atoms with Gasteiger partial charge in [-0.15, -0.1) is 0 Å². The van der Waals surface area contributed by atoms with Crippen LogP contribution in [-0.2, 0) is 4.79 Å². The molecule has 2 N–H and O–H groups in total. The van der Waals surface area contributed by atoms with Gasteiger partial charge in [0.15, 0.2) is 0 Å². The van der Waals surface area contributed by atoms with Gasteiger partial charge < -0.3 is 10.6 Å². The third-order valence-electron chi connectivity index (χ3n) is 4.42. The van der Waals surface area contributed by atoms with Crippen LogP contribution in [0.5, 0.6) is 0 Å². The van der Waals surface area contributed by atoms with Crippen LogP contribution in [0.3, 0.4) is 0 Å². The van der Waals surface area contributed by atoms with E-state index < -0.39 is 16.7 Å². The zero-order valence-corrected chi connectivity index (χ0v) is 18.0. The normalized spacial score (nSPS) is 11.0. The van der Waals surface area contributed by atoms with E-state index in [0.29, 0.717) is 21.3 Å². The Balaban J connectivity index is 1.93. The maximum absolute atomic E-state index is 13.0. The molecule has 0 radical (unpaired) electrons. The third-order valence-corrected chi connectivity index (χ3v) is 5.11. The molecule has 31 heavy (non-hydrogen) atoms. The monoisotopic (exact) mass is 479 g/mol. The Bertz CT molecular complexity index is 1170. The van der Waals surface area contributed by atoms with E-state index in [9.17, 15) is 19.7 Å². The van der Waals surface area contributed by atoms with Crippen LogP contribution < -0.4 is 10.6 Å². The fraction of sp³-hybridized carbons (Fsp3) is 0.0435. The van der Waals surface area contributed by atoms with Crippen molar-refractivity contribution in [2.45, 2.75) is 6.92 Å². The Morgan fingerprint density at radius 3 is 2.26 bits per heavy atom. The van der Waals surface area contributed by atoms with E-state index in [0.717, 1.165) is 5.56 Å². The number of aryl methyl sites for hydroxylation is 1. The van der Waals surface area contributed by atoms with E-state index in [1.165, 1.54) is 30.3 Å². The quantitative estimate of drug-likeness (QED) is 0.292. The van der Waals surface area contributed by atoms with Gasteiger partial charge in [-0.2, -0.15) is 0 Å². The molecule has 0 fully saturated rings. The zero-order valence-electron chi connectivity index (χ0n) is 16.5. The molecule has 0 aliphatic carbocycles. The molecule has 0 atom stereocenters. The van der Waals surface area contributed by atoms with Gasteiger partial charge in [0.05, 0.1) is 10.5 Å². The third kappa shape index (κ3) is 5.64. The van der Waals surface area contributed by atoms with E-state index in [1.54, 1.807) is 36.4 Å². The number of nitro benzene ring substituents is 1. The van der Waals surface area contributed by atoms with Crippen molar-refractivity contribution in [3.8, 4) is 0 Å². The Morgan fingerprint density at radius 2 is 1.61 bits per heavy atom. The van der Waals surface area contributed by atoms with Gasteiger partial charge >= 0.3 is 0 Å². The fourth-order valence-electron chi connectivity index (χ4n) is 2.76. The minimum Gasteiger partial charge on any atom is -0.320 e. The van der Waals surface area contributed by atoms with Crippen molar-refractivity contribution >= 4 is 45.2 Å². The SMILES string of the molecule is Cc1ccccc1NC(=O)C(=Cc1ccc([N+](=O)[O-])cc1)NC(=O)c1ccccc1Br. The van der Waals surface area contributed by atoms with Gasteiger partial charge in [0.2, 0.25) is 0 Å². The molecule has 0 saturated heterocycles. The minimum absolute atomic E-state index is 0.00198. The number of rotatable bonds is 6. The molecule has 0 aliphatic rings. The molecule has 0 bridgehead atoms. The number of carbonyl (C=O) groups is 2. The van der Waals surface area contributed by atoms with Crippen molar-refractivity contribution in [1.82, 2.24) is 5.32 Å². The summed E-state index contributed by atoms with van der Waals surface area (Å²) in [7, 11) is 0. The van der Waals surface area contributed by atoms with Gasteiger partial charge in [0.25, 0.3) is 17.5 Å². The lowest BCUT2D eigenvalue weighted by molar-refractivity contribution is -0.384. The van der Waals surface area contributed by atoms with Crippen LogP contribution in [0.4, 0.5) is 11.4 Å². The average molecular weight is 480 g/mol. The number of nitrogens with one attached hydrogen (secondary N) is 2. The minimum atomic E-state index is -0.520. The van der Waals surface area contributed by atoms with Crippen LogP contribution in [0.15, 0.2) is 83.0 Å². The van der Waals surface area contributed by atoms with Crippen molar-refractivity contribution < 1.29 is 14.5 Å². The topological polar surface area (TPSA) is 101 Å². The van der Waals surface area contributed by atoms with Gasteiger partial charge in [-0.25, -0.2) is 0 Å². The van der Waals surface area contributed by atoms with Crippen molar-refractivity contribution in [2.24, 2.45) is 0 Å². The molecule has 0 aromatic heterocycles. The number of para-hydroxylation sites is 1. The van der Waals surface area contributed by atoms with E-state index >= 15 is 0 Å². The number of anilines is 1. The Hall–Kier alpha value is -3.78. The van der Waals surface area contributed by atoms with Crippen LogP contribution in [0, 0.1) is 17.0 Å². The van der Waals surface area contributed by atoms with Crippen molar-refractivity contribution in [2.75, 3.05) is 5.32 Å². The first-order valence-electron chi connectivity index (χ1n) is 9.24. The Labute approximate surface area is 187 Å². The number of halogens is 1. The van der Waals surface area contributed by atoms with Crippen LogP contribution in [-0.4, -0.2) is 16.7 Å². The van der Waals surface area contributed by atoms with Gasteiger partial charge in [-0.05, 0) is 70.4 Å². The van der Waals surface area contributed by atoms with E-state index in [1.807, 2.05) is 19.1 Å². The molecule has 3 rings (SSSR count). The van der Waals surface area contributed by atoms with Crippen LogP contribution >= 0.6 is 15.9 Å². The molecule has 3 aromatic rings. The Kier molecular flexibility index (Phi) is 6.94. The summed E-state index contributed by atoms with van der Waals surface area (Å²) >= 11 is 3.33. The molecule has 7 nitrogen and oxygen atoms in total. The molecule has 0 heterocycles. The average Bonchev–Trinajstić information content (AvgIpc) is 2.75. The van der Waals surface area contributed by atoms with Crippen LogP contribution in [0.25, 0.3) is 6.08 Å². The van der Waals surface area contributed by atoms with Crippen molar-refractivity contribution in [3.05, 3.63) is 110 Å². The summed E-state index contributed by atoms with van der Waals surface area (Å²) < 4.78 is 0.585. The number of carbonyl (C=O) groups excluding carboxylic acids is 2. The molecule has 156 valence electrons. The largest absolute Gasteiger partial charge is 0.320 e. The van der Waals surface area contributed by atoms with E-state index in [-0.39, 0.29) is 11.4 Å². The highest BCUT2D eigenvalue weighted by molar-refractivity contribution is 9.10. The predicted molar refractivity (Wildman–Crippen MR) is 122 cm³/mol. The highest BCUT2D eigenvalue weighted by Crippen LogP contribution is 2.19. The van der Waals surface area contributed by atoms with E-state index in [4.69, 9.17) is 0 Å². The first-order valence-corrected chi connectivity index (χ1v) is 10.0. The molecule has 3 aromatic carbocycles. The second-order valence-electron chi connectivity index (χ2n) is 6.61. The summed E-state index contributed by atoms with van der Waals surface area (Å²) in [6.07, 6.45) is 1.46. The second kappa shape index (κ2) is 9.82. The predicted octanol–water partition coefficient (Wildman–Crippen LogP) is 5.08. The molecule has 0 saturated carbocycles. The van der Waals surface area contributed by atoms with E-state index in [2.05, 4.69) is 26.6 Å². The van der Waals surface area contributed by atoms with Gasteiger partial charge in [0.1, 0.15) is 5.70 Å². The summed E-state index contributed by atoms with van der Waals surface area (Å²) in [5, 5.41) is 16.3. The first-order chi connectivity index (χ1) is 14.8. The number of nitro groups is 1. The zero-order chi connectivity index (χ0) is 22.4. The van der Waals surface area contributed by atoms with Gasteiger partial charge in [-0.1, -0.05) is 30.3 Å². The Morgan fingerprint density at radius 1 is 0.968 bits per heavy atom. The lowest BCUT2D eigenvalue weighted by Gasteiger charge is -2.13. The number of hydrogen-bond donors (Lipinski definition) is 2. The molecular weight excluding hydrogens is 462 g/mol. The number of amides is 2. The summed E-state index contributed by atoms with van der Waals surface area (Å²) in [6, 6.07) is 19.8. The van der Waals surface area contributed by atoms with Gasteiger partial charge in [0, 0.05) is 22.3 Å². The summed E-state index contributed by atoms with van der Waals surface area (Å²) in [6.45, 7) is 1.86. The molecular formula is C23H18BrN3O4. The molecule has 8 heteroatoms. The number of nitrogens with zero attached hydrogens (tertiary/aromatic N) is 1. The summed E-state index contributed by atoms with van der Waals surface area (Å²) in [5.74, 6) is -0.992. The lowest BCUT2D eigenvalue weighted by atomic mass is 10.1. The fourth-order valence-corrected chi connectivity index (χ4v) is 3.22. The maximum Gasteiger partial charge on any atom is 0.272 e. The summed E-state index contributed by atoms with van der Waals surface area (Å²) in [5.41, 5.74) is 2.28. The number of non-ortho nitro benzene ring substituents is 1. The molecule has 2 amide bonds. The smallest absolute Gasteiger partial charge is 0.272 e. The maximum atomic E-state index is 13.0. The number of hydrogen-bond acceptors (Lipinski definition) is 4. The number of benzene rings is 3. The van der Waals surface area contributed by atoms with Crippen LogP contribution in [0.2, 0.25) is 0 Å². The first kappa shape index (κ1) is 21.9. The second-order valence-corrected chi connectivity index (χ2v) is 7.46.